The minimum Gasteiger partial charge on any atom is -0.481 e. The van der Waals surface area contributed by atoms with Gasteiger partial charge in [0.05, 0.1) is 51.7 Å². The fourth-order valence-electron chi connectivity index (χ4n) is 6.97. The fraction of sp³-hybridized carbons (Fsp3) is 0.833. The van der Waals surface area contributed by atoms with Crippen molar-refractivity contribution in [2.24, 2.45) is 11.5 Å². The highest BCUT2D eigenvalue weighted by atomic mass is 16.5. The summed E-state index contributed by atoms with van der Waals surface area (Å²) in [4.78, 5) is 94.1. The van der Waals surface area contributed by atoms with E-state index in [1.54, 1.807) is 0 Å². The third-order valence-electron chi connectivity index (χ3n) is 11.0. The molecular formula is C48H89N7O14. The average molecular weight is 988 g/mol. The van der Waals surface area contributed by atoms with Crippen LogP contribution in [0.2, 0.25) is 0 Å². The van der Waals surface area contributed by atoms with Gasteiger partial charge in [0.1, 0.15) is 25.5 Å². The van der Waals surface area contributed by atoms with E-state index in [2.05, 4.69) is 26.6 Å². The summed E-state index contributed by atoms with van der Waals surface area (Å²) < 4.78 is 21.4. The first-order valence-electron chi connectivity index (χ1n) is 25.5. The van der Waals surface area contributed by atoms with Crippen LogP contribution in [-0.4, -0.2) is 155 Å². The number of hydrogen-bond donors (Lipinski definition) is 9. The second-order valence-electron chi connectivity index (χ2n) is 17.2. The Kier molecular flexibility index (Phi) is 44.5. The molecule has 21 nitrogen and oxygen atoms in total. The number of aldehydes is 1. The van der Waals surface area contributed by atoms with Gasteiger partial charge in [-0.05, 0) is 57.9 Å². The Balaban J connectivity index is 3.68. The Morgan fingerprint density at radius 2 is 0.928 bits per heavy atom. The molecule has 3 atom stereocenters. The number of aliphatic carboxylic acids is 2. The highest BCUT2D eigenvalue weighted by Crippen LogP contribution is 2.14. The lowest BCUT2D eigenvalue weighted by atomic mass is 10.0. The van der Waals surface area contributed by atoms with Crippen LogP contribution in [0.25, 0.3) is 0 Å². The molecule has 0 spiro atoms. The van der Waals surface area contributed by atoms with Crippen molar-refractivity contribution in [2.45, 2.75) is 179 Å². The first kappa shape index (κ1) is 64.7. The maximum absolute atomic E-state index is 12.4. The molecule has 0 aliphatic rings. The largest absolute Gasteiger partial charge is 0.481 e. The molecule has 0 aliphatic heterocycles. The smallest absolute Gasteiger partial charge is 0.326 e. The van der Waals surface area contributed by atoms with E-state index in [1.165, 1.54) is 57.8 Å². The molecule has 0 unspecified atom stereocenters. The minimum absolute atomic E-state index is 0.0325. The summed E-state index contributed by atoms with van der Waals surface area (Å²) in [5.41, 5.74) is 11.2. The number of nitrogens with two attached hydrogens (primary N) is 2. The quantitative estimate of drug-likeness (QED) is 0.0313. The van der Waals surface area contributed by atoms with Crippen molar-refractivity contribution in [1.82, 2.24) is 26.6 Å². The van der Waals surface area contributed by atoms with E-state index in [9.17, 15) is 43.5 Å². The molecule has 69 heavy (non-hydrogen) atoms. The second-order valence-corrected chi connectivity index (χ2v) is 17.2. The maximum atomic E-state index is 12.4. The number of ether oxygens (including phenoxy) is 4. The van der Waals surface area contributed by atoms with Crippen LogP contribution in [0.1, 0.15) is 161 Å². The number of amides is 5. The van der Waals surface area contributed by atoms with E-state index in [1.807, 2.05) is 0 Å². The van der Waals surface area contributed by atoms with Gasteiger partial charge in [-0.2, -0.15) is 0 Å². The molecule has 0 saturated carbocycles. The highest BCUT2D eigenvalue weighted by molar-refractivity contribution is 5.85. The number of nitrogens with one attached hydrogen (secondary N) is 5. The number of hydrogen-bond acceptors (Lipinski definition) is 14. The number of rotatable bonds is 51. The molecule has 0 aliphatic carbocycles. The zero-order valence-electron chi connectivity index (χ0n) is 41.4. The molecule has 5 amide bonds. The molecule has 0 aromatic rings. The molecule has 0 rings (SSSR count). The van der Waals surface area contributed by atoms with Gasteiger partial charge in [-0.3, -0.25) is 28.8 Å². The van der Waals surface area contributed by atoms with Gasteiger partial charge in [0.25, 0.3) is 0 Å². The molecule has 0 saturated heterocycles. The predicted octanol–water partition coefficient (Wildman–Crippen LogP) is 2.78. The molecule has 21 heteroatoms. The summed E-state index contributed by atoms with van der Waals surface area (Å²) in [6, 6.07) is -2.50. The molecule has 11 N–H and O–H groups in total. The van der Waals surface area contributed by atoms with Crippen molar-refractivity contribution >= 4 is 47.8 Å². The van der Waals surface area contributed by atoms with Gasteiger partial charge in [-0.25, -0.2) is 4.79 Å². The fourth-order valence-corrected chi connectivity index (χ4v) is 6.97. The Labute approximate surface area is 410 Å². The van der Waals surface area contributed by atoms with Crippen LogP contribution in [0, 0.1) is 0 Å². The monoisotopic (exact) mass is 988 g/mol. The van der Waals surface area contributed by atoms with Crippen LogP contribution >= 0.6 is 0 Å². The van der Waals surface area contributed by atoms with Crippen LogP contribution in [0.15, 0.2) is 0 Å². The van der Waals surface area contributed by atoms with Crippen molar-refractivity contribution in [3.8, 4) is 0 Å². The van der Waals surface area contributed by atoms with Gasteiger partial charge in [0.2, 0.25) is 29.5 Å². The number of carbonyl (C=O) groups excluding carboxylic acids is 6. The predicted molar refractivity (Wildman–Crippen MR) is 260 cm³/mol. The lowest BCUT2D eigenvalue weighted by Crippen LogP contribution is -2.46. The van der Waals surface area contributed by atoms with E-state index < -0.39 is 30.1 Å². The second kappa shape index (κ2) is 47.4. The van der Waals surface area contributed by atoms with Crippen molar-refractivity contribution in [1.29, 1.82) is 0 Å². The van der Waals surface area contributed by atoms with Crippen LogP contribution in [0.4, 0.5) is 0 Å². The summed E-state index contributed by atoms with van der Waals surface area (Å²) in [5, 5.41) is 31.4. The Morgan fingerprint density at radius 1 is 0.464 bits per heavy atom. The lowest BCUT2D eigenvalue weighted by Gasteiger charge is -2.16. The third kappa shape index (κ3) is 44.7. The van der Waals surface area contributed by atoms with E-state index in [-0.39, 0.29) is 121 Å². The average Bonchev–Trinajstić information content (AvgIpc) is 3.32. The number of carboxylic acid groups (broad SMARTS) is 2. The Morgan fingerprint density at radius 3 is 1.41 bits per heavy atom. The normalized spacial score (nSPS) is 12.4. The Hall–Kier alpha value is -4.28. The summed E-state index contributed by atoms with van der Waals surface area (Å²) in [6.45, 7) is 2.12. The van der Waals surface area contributed by atoms with Gasteiger partial charge >= 0.3 is 11.9 Å². The SMILES string of the molecule is NCCC[C@H](N)C(=O)N[C@H](C=O)CCCCNC(=O)COCCOCCNC(=O)COCCOCCNC(=O)CC[C@H](NC(=O)CCCCCCCCCCCCCCCCCCC(=O)O)C(=O)O. The minimum atomic E-state index is -1.19. The number of carboxylic acids is 2. The van der Waals surface area contributed by atoms with Gasteiger partial charge in [-0.1, -0.05) is 89.9 Å². The summed E-state index contributed by atoms with van der Waals surface area (Å²) >= 11 is 0. The van der Waals surface area contributed by atoms with E-state index in [0.717, 1.165) is 38.5 Å². The molecule has 0 heterocycles. The maximum Gasteiger partial charge on any atom is 0.326 e. The molecule has 0 fully saturated rings. The Bertz CT molecular complexity index is 1380. The van der Waals surface area contributed by atoms with Crippen LogP contribution in [0.3, 0.4) is 0 Å². The first-order chi connectivity index (χ1) is 33.4. The van der Waals surface area contributed by atoms with E-state index in [0.29, 0.717) is 57.9 Å². The van der Waals surface area contributed by atoms with Gasteiger partial charge in [0.15, 0.2) is 0 Å². The lowest BCUT2D eigenvalue weighted by molar-refractivity contribution is -0.142. The molecule has 0 radical (unpaired) electrons. The number of unbranched alkanes of at least 4 members (excludes halogenated alkanes) is 16. The zero-order valence-corrected chi connectivity index (χ0v) is 41.4. The van der Waals surface area contributed by atoms with Gasteiger partial charge < -0.3 is 72.0 Å². The van der Waals surface area contributed by atoms with Gasteiger partial charge in [0, 0.05) is 38.9 Å². The molecule has 0 bridgehead atoms. The van der Waals surface area contributed by atoms with Crippen LogP contribution in [-0.2, 0) is 57.3 Å². The molecule has 0 aromatic heterocycles. The summed E-state index contributed by atoms with van der Waals surface area (Å²) in [5.74, 6) is -3.60. The van der Waals surface area contributed by atoms with Crippen molar-refractivity contribution in [2.75, 3.05) is 79.0 Å². The summed E-state index contributed by atoms with van der Waals surface area (Å²) in [7, 11) is 0. The topological polar surface area (TPSA) is 326 Å². The molecule has 0 aromatic carbocycles. The van der Waals surface area contributed by atoms with Crippen molar-refractivity contribution < 1.29 is 67.5 Å². The standard InChI is InChI=1S/C48H89N7O14/c49-26-19-21-40(50)47(63)54-39(36-56)20-17-18-27-51-44(59)37-68-34-33-67-31-29-53-45(60)38-69-35-32-66-30-28-52-42(57)25-24-41(48(64)65)55-43(58)22-15-13-11-9-7-5-3-1-2-4-6-8-10-12-14-16-23-46(61)62/h36,39-41H,1-35,37-38,49-50H2,(H,51,59)(H,52,57)(H,53,60)(H,54,63)(H,55,58)(H,61,62)(H,64,65)/t39-,40-,41-/m0/s1. The van der Waals surface area contributed by atoms with Crippen LogP contribution < -0.4 is 38.1 Å². The van der Waals surface area contributed by atoms with Crippen molar-refractivity contribution in [3.63, 3.8) is 0 Å². The number of carbonyl (C=O) groups is 8. The molecule has 400 valence electrons. The third-order valence-corrected chi connectivity index (χ3v) is 11.0. The first-order valence-corrected chi connectivity index (χ1v) is 25.5. The van der Waals surface area contributed by atoms with E-state index >= 15 is 0 Å². The highest BCUT2D eigenvalue weighted by Gasteiger charge is 2.21. The zero-order chi connectivity index (χ0) is 51.0. The molecular weight excluding hydrogens is 899 g/mol. The van der Waals surface area contributed by atoms with E-state index in [4.69, 9.17) is 35.5 Å². The van der Waals surface area contributed by atoms with Crippen molar-refractivity contribution in [3.05, 3.63) is 0 Å². The van der Waals surface area contributed by atoms with Crippen LogP contribution in [0.5, 0.6) is 0 Å². The van der Waals surface area contributed by atoms with Gasteiger partial charge in [-0.15, -0.1) is 0 Å². The summed E-state index contributed by atoms with van der Waals surface area (Å²) in [6.07, 6.45) is 21.6.